The van der Waals surface area contributed by atoms with Gasteiger partial charge in [-0.1, -0.05) is 13.3 Å². The van der Waals surface area contributed by atoms with Crippen LogP contribution in [-0.4, -0.2) is 26.6 Å². The van der Waals surface area contributed by atoms with Gasteiger partial charge in [0.2, 0.25) is 0 Å². The highest BCUT2D eigenvalue weighted by atomic mass is 127. The molecule has 2 heterocycles. The van der Waals surface area contributed by atoms with E-state index in [9.17, 15) is 0 Å². The maximum absolute atomic E-state index is 4.63. The van der Waals surface area contributed by atoms with Crippen molar-refractivity contribution in [2.24, 2.45) is 7.05 Å². The normalized spacial score (nSPS) is 10.7. The SMILES string of the molecule is CCCc1nc(-c2nccn2C)nc(NC)c1I. The Bertz CT molecular complexity index is 549. The van der Waals surface area contributed by atoms with Gasteiger partial charge in [-0.3, -0.25) is 0 Å². The van der Waals surface area contributed by atoms with Crippen LogP contribution in [-0.2, 0) is 13.5 Å². The first-order valence-corrected chi connectivity index (χ1v) is 6.97. The number of aryl methyl sites for hydroxylation is 2. The lowest BCUT2D eigenvalue weighted by Crippen LogP contribution is -2.07. The van der Waals surface area contributed by atoms with Crippen LogP contribution in [0.3, 0.4) is 0 Å². The van der Waals surface area contributed by atoms with Gasteiger partial charge in [0.05, 0.1) is 9.26 Å². The summed E-state index contributed by atoms with van der Waals surface area (Å²) >= 11 is 2.29. The quantitative estimate of drug-likeness (QED) is 0.855. The Morgan fingerprint density at radius 2 is 2.17 bits per heavy atom. The van der Waals surface area contributed by atoms with Crippen molar-refractivity contribution in [3.8, 4) is 11.6 Å². The highest BCUT2D eigenvalue weighted by Crippen LogP contribution is 2.23. The fourth-order valence-corrected chi connectivity index (χ4v) is 2.52. The van der Waals surface area contributed by atoms with E-state index in [0.717, 1.165) is 33.7 Å². The van der Waals surface area contributed by atoms with Crippen LogP contribution in [0.15, 0.2) is 12.4 Å². The number of halogens is 1. The Morgan fingerprint density at radius 1 is 1.39 bits per heavy atom. The number of hydrogen-bond acceptors (Lipinski definition) is 4. The van der Waals surface area contributed by atoms with Crippen molar-refractivity contribution in [2.75, 3.05) is 12.4 Å². The van der Waals surface area contributed by atoms with Crippen LogP contribution in [0.25, 0.3) is 11.6 Å². The Labute approximate surface area is 120 Å². The summed E-state index contributed by atoms with van der Waals surface area (Å²) in [5.41, 5.74) is 1.08. The molecule has 0 aliphatic rings. The second-order valence-corrected chi connectivity index (χ2v) is 5.10. The summed E-state index contributed by atoms with van der Waals surface area (Å²) in [7, 11) is 3.82. The van der Waals surface area contributed by atoms with Gasteiger partial charge in [0.15, 0.2) is 11.6 Å². The molecule has 5 nitrogen and oxygen atoms in total. The topological polar surface area (TPSA) is 55.6 Å². The maximum Gasteiger partial charge on any atom is 0.198 e. The van der Waals surface area contributed by atoms with Gasteiger partial charge in [-0.05, 0) is 29.0 Å². The highest BCUT2D eigenvalue weighted by Gasteiger charge is 2.14. The van der Waals surface area contributed by atoms with E-state index in [4.69, 9.17) is 0 Å². The first-order valence-electron chi connectivity index (χ1n) is 5.89. The molecule has 0 spiro atoms. The fraction of sp³-hybridized carbons (Fsp3) is 0.417. The summed E-state index contributed by atoms with van der Waals surface area (Å²) < 4.78 is 3.02. The third-order valence-electron chi connectivity index (χ3n) is 2.66. The molecule has 0 atom stereocenters. The van der Waals surface area contributed by atoms with Gasteiger partial charge in [0, 0.05) is 26.5 Å². The summed E-state index contributed by atoms with van der Waals surface area (Å²) in [4.78, 5) is 13.5. The third-order valence-corrected chi connectivity index (χ3v) is 3.80. The molecule has 2 aromatic heterocycles. The smallest absolute Gasteiger partial charge is 0.198 e. The molecule has 2 aromatic rings. The second-order valence-electron chi connectivity index (χ2n) is 4.02. The van der Waals surface area contributed by atoms with E-state index >= 15 is 0 Å². The van der Waals surface area contributed by atoms with Gasteiger partial charge in [-0.15, -0.1) is 0 Å². The molecule has 2 rings (SSSR count). The van der Waals surface area contributed by atoms with Crippen molar-refractivity contribution in [1.29, 1.82) is 0 Å². The third kappa shape index (κ3) is 2.47. The summed E-state index contributed by atoms with van der Waals surface area (Å²) in [6.07, 6.45) is 5.67. The minimum Gasteiger partial charge on any atom is -0.372 e. The van der Waals surface area contributed by atoms with Crippen LogP contribution in [0.1, 0.15) is 19.0 Å². The van der Waals surface area contributed by atoms with Crippen LogP contribution in [0.5, 0.6) is 0 Å². The van der Waals surface area contributed by atoms with Gasteiger partial charge in [-0.25, -0.2) is 15.0 Å². The Morgan fingerprint density at radius 3 is 2.72 bits per heavy atom. The lowest BCUT2D eigenvalue weighted by molar-refractivity contribution is 0.852. The lowest BCUT2D eigenvalue weighted by atomic mass is 10.2. The number of hydrogen-bond donors (Lipinski definition) is 1. The van der Waals surface area contributed by atoms with Crippen LogP contribution >= 0.6 is 22.6 Å². The van der Waals surface area contributed by atoms with Gasteiger partial charge in [-0.2, -0.15) is 0 Å². The molecule has 0 aliphatic carbocycles. The minimum absolute atomic E-state index is 0.677. The van der Waals surface area contributed by atoms with Crippen molar-refractivity contribution in [3.05, 3.63) is 21.7 Å². The molecular weight excluding hydrogens is 341 g/mol. The Kier molecular flexibility index (Phi) is 4.15. The zero-order valence-electron chi connectivity index (χ0n) is 10.7. The molecule has 18 heavy (non-hydrogen) atoms. The maximum atomic E-state index is 4.63. The Balaban J connectivity index is 2.55. The van der Waals surface area contributed by atoms with E-state index in [0.29, 0.717) is 5.82 Å². The molecule has 96 valence electrons. The van der Waals surface area contributed by atoms with Crippen LogP contribution in [0, 0.1) is 3.57 Å². The Hall–Kier alpha value is -1.18. The predicted octanol–water partition coefficient (Wildman–Crippen LogP) is 2.48. The number of anilines is 1. The van der Waals surface area contributed by atoms with E-state index in [1.54, 1.807) is 6.20 Å². The van der Waals surface area contributed by atoms with Gasteiger partial charge >= 0.3 is 0 Å². The van der Waals surface area contributed by atoms with Crippen LogP contribution in [0.2, 0.25) is 0 Å². The first kappa shape index (κ1) is 13.3. The van der Waals surface area contributed by atoms with Crippen molar-refractivity contribution < 1.29 is 0 Å². The van der Waals surface area contributed by atoms with Crippen molar-refractivity contribution >= 4 is 28.4 Å². The molecule has 0 bridgehead atoms. The molecule has 6 heteroatoms. The molecule has 1 N–H and O–H groups in total. The predicted molar refractivity (Wildman–Crippen MR) is 80.5 cm³/mol. The second kappa shape index (κ2) is 5.64. The lowest BCUT2D eigenvalue weighted by Gasteiger charge is -2.10. The number of imidazole rings is 1. The van der Waals surface area contributed by atoms with E-state index in [1.165, 1.54) is 0 Å². The largest absolute Gasteiger partial charge is 0.372 e. The van der Waals surface area contributed by atoms with Gasteiger partial charge in [0.25, 0.3) is 0 Å². The van der Waals surface area contributed by atoms with E-state index in [-0.39, 0.29) is 0 Å². The summed E-state index contributed by atoms with van der Waals surface area (Å²) in [5, 5.41) is 3.12. The number of nitrogens with zero attached hydrogens (tertiary/aromatic N) is 4. The van der Waals surface area contributed by atoms with E-state index in [2.05, 4.69) is 49.8 Å². The molecule has 0 aromatic carbocycles. The molecule has 0 saturated heterocycles. The zero-order valence-corrected chi connectivity index (χ0v) is 12.9. The summed E-state index contributed by atoms with van der Waals surface area (Å²) in [6, 6.07) is 0. The molecular formula is C12H16IN5. The summed E-state index contributed by atoms with van der Waals surface area (Å²) in [6.45, 7) is 2.15. The average molecular weight is 357 g/mol. The van der Waals surface area contributed by atoms with E-state index in [1.807, 2.05) is 24.9 Å². The van der Waals surface area contributed by atoms with Crippen molar-refractivity contribution in [1.82, 2.24) is 19.5 Å². The highest BCUT2D eigenvalue weighted by molar-refractivity contribution is 14.1. The van der Waals surface area contributed by atoms with Crippen LogP contribution in [0.4, 0.5) is 5.82 Å². The molecule has 0 saturated carbocycles. The number of rotatable bonds is 4. The molecule has 0 radical (unpaired) electrons. The average Bonchev–Trinajstić information content (AvgIpc) is 2.78. The monoisotopic (exact) mass is 357 g/mol. The summed E-state index contributed by atoms with van der Waals surface area (Å²) in [5.74, 6) is 2.34. The van der Waals surface area contributed by atoms with Crippen molar-refractivity contribution in [3.63, 3.8) is 0 Å². The molecule has 0 aliphatic heterocycles. The molecule has 0 fully saturated rings. The fourth-order valence-electron chi connectivity index (χ4n) is 1.74. The number of nitrogens with one attached hydrogen (secondary N) is 1. The molecule has 0 unspecified atom stereocenters. The first-order chi connectivity index (χ1) is 8.67. The van der Waals surface area contributed by atoms with Gasteiger partial charge in [0.1, 0.15) is 5.82 Å². The zero-order chi connectivity index (χ0) is 13.1. The van der Waals surface area contributed by atoms with Crippen LogP contribution < -0.4 is 5.32 Å². The minimum atomic E-state index is 0.677. The van der Waals surface area contributed by atoms with Gasteiger partial charge < -0.3 is 9.88 Å². The van der Waals surface area contributed by atoms with Crippen molar-refractivity contribution in [2.45, 2.75) is 19.8 Å². The van der Waals surface area contributed by atoms with E-state index < -0.39 is 0 Å². The number of aromatic nitrogens is 4. The standard InChI is InChI=1S/C12H16IN5/c1-4-5-8-9(13)10(14-2)17-11(16-8)12-15-6-7-18(12)3/h6-7H,4-5H2,1-3H3,(H,14,16,17). The molecule has 0 amide bonds.